The van der Waals surface area contributed by atoms with Crippen LogP contribution in [0.25, 0.3) is 6.08 Å². The molecule has 0 saturated heterocycles. The number of hydrogen-bond acceptors (Lipinski definition) is 3. The molecule has 0 bridgehead atoms. The minimum Gasteiger partial charge on any atom is -0.480 e. The molecule has 1 rings (SSSR count). The number of aliphatic carboxylic acids is 1. The first kappa shape index (κ1) is 19.1. The van der Waals surface area contributed by atoms with Crippen LogP contribution in [0.1, 0.15) is 18.4 Å². The van der Waals surface area contributed by atoms with Gasteiger partial charge in [0.15, 0.2) is 0 Å². The Morgan fingerprint density at radius 2 is 2.05 bits per heavy atom. The molecule has 7 heteroatoms. The van der Waals surface area contributed by atoms with Crippen LogP contribution in [0.2, 0.25) is 0 Å². The van der Waals surface area contributed by atoms with Crippen LogP contribution >= 0.6 is 12.4 Å². The van der Waals surface area contributed by atoms with E-state index in [1.54, 1.807) is 12.1 Å². The van der Waals surface area contributed by atoms with E-state index < -0.39 is 23.7 Å². The molecule has 1 amide bonds. The Morgan fingerprint density at radius 3 is 2.62 bits per heavy atom. The van der Waals surface area contributed by atoms with Crippen LogP contribution in [0.5, 0.6) is 0 Å². The van der Waals surface area contributed by atoms with Crippen molar-refractivity contribution < 1.29 is 19.1 Å². The lowest BCUT2D eigenvalue weighted by molar-refractivity contribution is -0.141. The van der Waals surface area contributed by atoms with Crippen LogP contribution in [-0.2, 0) is 9.59 Å². The van der Waals surface area contributed by atoms with Gasteiger partial charge in [0.25, 0.3) is 0 Å². The molecule has 4 N–H and O–H groups in total. The normalized spacial score (nSPS) is 11.7. The van der Waals surface area contributed by atoms with Crippen molar-refractivity contribution in [2.45, 2.75) is 18.9 Å². The maximum Gasteiger partial charge on any atom is 0.326 e. The smallest absolute Gasteiger partial charge is 0.326 e. The van der Waals surface area contributed by atoms with E-state index in [4.69, 9.17) is 10.8 Å². The van der Waals surface area contributed by atoms with Gasteiger partial charge in [-0.1, -0.05) is 18.2 Å². The first-order valence-electron chi connectivity index (χ1n) is 6.20. The Balaban J connectivity index is 0.00000400. The number of carbonyl (C=O) groups is 2. The van der Waals surface area contributed by atoms with Crippen molar-refractivity contribution >= 4 is 30.4 Å². The molecule has 116 valence electrons. The molecule has 1 aromatic rings. The largest absolute Gasteiger partial charge is 0.480 e. The summed E-state index contributed by atoms with van der Waals surface area (Å²) in [7, 11) is 0. The summed E-state index contributed by atoms with van der Waals surface area (Å²) in [4.78, 5) is 22.5. The van der Waals surface area contributed by atoms with Crippen molar-refractivity contribution in [3.63, 3.8) is 0 Å². The van der Waals surface area contributed by atoms with Crippen molar-refractivity contribution in [3.05, 3.63) is 41.7 Å². The average molecular weight is 317 g/mol. The van der Waals surface area contributed by atoms with Gasteiger partial charge in [-0.05, 0) is 31.5 Å². The number of carboxylic acids is 1. The van der Waals surface area contributed by atoms with E-state index in [1.807, 2.05) is 0 Å². The molecule has 0 saturated carbocycles. The zero-order valence-corrected chi connectivity index (χ0v) is 12.1. The molecule has 0 aliphatic rings. The van der Waals surface area contributed by atoms with Crippen LogP contribution in [-0.4, -0.2) is 29.6 Å². The van der Waals surface area contributed by atoms with Crippen LogP contribution in [0.15, 0.2) is 30.3 Å². The number of amides is 1. The fourth-order valence-electron chi connectivity index (χ4n) is 1.57. The summed E-state index contributed by atoms with van der Waals surface area (Å²) in [6.45, 7) is 0.352. The number of benzene rings is 1. The molecule has 0 spiro atoms. The van der Waals surface area contributed by atoms with E-state index >= 15 is 0 Å². The Bertz CT molecular complexity index is 509. The van der Waals surface area contributed by atoms with Crippen LogP contribution in [0.3, 0.4) is 0 Å². The third-order valence-electron chi connectivity index (χ3n) is 2.63. The Kier molecular flexibility index (Phi) is 9.00. The second-order valence-corrected chi connectivity index (χ2v) is 4.19. The van der Waals surface area contributed by atoms with Gasteiger partial charge in [-0.2, -0.15) is 0 Å². The summed E-state index contributed by atoms with van der Waals surface area (Å²) in [5.74, 6) is -2.15. The maximum atomic E-state index is 13.3. The standard InChI is InChI=1S/C14H17FN2O3.ClH/c15-11-5-2-1-4-10(11)7-8-13(18)17-12(14(19)20)6-3-9-16;/h1-2,4-5,7-8,12H,3,6,9,16H2,(H,17,18)(H,19,20);1H/t12-;/m0./s1. The fraction of sp³-hybridized carbons (Fsp3) is 0.286. The number of hydrogen-bond donors (Lipinski definition) is 3. The second kappa shape index (κ2) is 9.90. The van der Waals surface area contributed by atoms with Crippen LogP contribution in [0.4, 0.5) is 4.39 Å². The Morgan fingerprint density at radius 1 is 1.38 bits per heavy atom. The Labute approximate surface area is 128 Å². The number of halogens is 2. The molecule has 0 aromatic heterocycles. The van der Waals surface area contributed by atoms with Crippen molar-refractivity contribution in [3.8, 4) is 0 Å². The molecule has 0 unspecified atom stereocenters. The van der Waals surface area contributed by atoms with E-state index in [-0.39, 0.29) is 24.4 Å². The van der Waals surface area contributed by atoms with E-state index in [0.29, 0.717) is 13.0 Å². The fourth-order valence-corrected chi connectivity index (χ4v) is 1.57. The SMILES string of the molecule is Cl.NCCC[C@H](NC(=O)C=Cc1ccccc1F)C(=O)O. The lowest BCUT2D eigenvalue weighted by Gasteiger charge is -2.12. The topological polar surface area (TPSA) is 92.4 Å². The van der Waals surface area contributed by atoms with Crippen molar-refractivity contribution in [2.75, 3.05) is 6.54 Å². The van der Waals surface area contributed by atoms with Gasteiger partial charge in [0, 0.05) is 11.6 Å². The quantitative estimate of drug-likeness (QED) is 0.666. The highest BCUT2D eigenvalue weighted by Gasteiger charge is 2.17. The van der Waals surface area contributed by atoms with Gasteiger partial charge in [0.1, 0.15) is 11.9 Å². The van der Waals surface area contributed by atoms with Gasteiger partial charge in [0.2, 0.25) is 5.91 Å². The third-order valence-corrected chi connectivity index (χ3v) is 2.63. The number of rotatable bonds is 7. The lowest BCUT2D eigenvalue weighted by Crippen LogP contribution is -2.40. The molecule has 21 heavy (non-hydrogen) atoms. The number of carboxylic acid groups (broad SMARTS) is 1. The molecule has 5 nitrogen and oxygen atoms in total. The monoisotopic (exact) mass is 316 g/mol. The lowest BCUT2D eigenvalue weighted by atomic mass is 10.1. The average Bonchev–Trinajstić information content (AvgIpc) is 2.42. The first-order valence-corrected chi connectivity index (χ1v) is 6.20. The van der Waals surface area contributed by atoms with E-state index in [2.05, 4.69) is 5.32 Å². The number of carbonyl (C=O) groups excluding carboxylic acids is 1. The minimum atomic E-state index is -1.12. The summed E-state index contributed by atoms with van der Waals surface area (Å²) in [6.07, 6.45) is 3.16. The van der Waals surface area contributed by atoms with Crippen LogP contribution < -0.4 is 11.1 Å². The van der Waals surface area contributed by atoms with Gasteiger partial charge >= 0.3 is 5.97 Å². The molecule has 1 atom stereocenters. The molecule has 0 aliphatic carbocycles. The van der Waals surface area contributed by atoms with E-state index in [0.717, 1.165) is 6.08 Å². The van der Waals surface area contributed by atoms with Gasteiger partial charge < -0.3 is 16.2 Å². The van der Waals surface area contributed by atoms with Crippen molar-refractivity contribution in [1.29, 1.82) is 0 Å². The van der Waals surface area contributed by atoms with E-state index in [9.17, 15) is 14.0 Å². The van der Waals surface area contributed by atoms with E-state index in [1.165, 1.54) is 18.2 Å². The highest BCUT2D eigenvalue weighted by molar-refractivity contribution is 5.94. The first-order chi connectivity index (χ1) is 9.54. The summed E-state index contributed by atoms with van der Waals surface area (Å²) in [5.41, 5.74) is 5.56. The summed E-state index contributed by atoms with van der Waals surface area (Å²) < 4.78 is 13.3. The molecular formula is C14H18ClFN2O3. The van der Waals surface area contributed by atoms with Crippen LogP contribution in [0, 0.1) is 5.82 Å². The Hall–Kier alpha value is -1.92. The number of nitrogens with two attached hydrogens (primary N) is 1. The zero-order valence-electron chi connectivity index (χ0n) is 11.3. The zero-order chi connectivity index (χ0) is 15.0. The molecule has 0 aliphatic heterocycles. The van der Waals surface area contributed by atoms with Gasteiger partial charge in [-0.25, -0.2) is 9.18 Å². The minimum absolute atomic E-state index is 0. The predicted molar refractivity (Wildman–Crippen MR) is 80.5 cm³/mol. The summed E-state index contributed by atoms with van der Waals surface area (Å²) in [6, 6.07) is 4.99. The molecule has 0 fully saturated rings. The van der Waals surface area contributed by atoms with Crippen molar-refractivity contribution in [1.82, 2.24) is 5.32 Å². The third kappa shape index (κ3) is 6.87. The van der Waals surface area contributed by atoms with Gasteiger partial charge in [0.05, 0.1) is 0 Å². The van der Waals surface area contributed by atoms with Crippen molar-refractivity contribution in [2.24, 2.45) is 5.73 Å². The van der Waals surface area contributed by atoms with Gasteiger partial charge in [-0.3, -0.25) is 4.79 Å². The molecule has 1 aromatic carbocycles. The highest BCUT2D eigenvalue weighted by Crippen LogP contribution is 2.08. The van der Waals surface area contributed by atoms with Gasteiger partial charge in [-0.15, -0.1) is 12.4 Å². The second-order valence-electron chi connectivity index (χ2n) is 4.19. The predicted octanol–water partition coefficient (Wildman–Crippen LogP) is 1.57. The molecule has 0 radical (unpaired) electrons. The molecule has 0 heterocycles. The maximum absolute atomic E-state index is 13.3. The number of nitrogens with one attached hydrogen (secondary N) is 1. The summed E-state index contributed by atoms with van der Waals surface area (Å²) in [5, 5.41) is 11.3. The summed E-state index contributed by atoms with van der Waals surface area (Å²) >= 11 is 0. The highest BCUT2D eigenvalue weighted by atomic mass is 35.5. The molecular weight excluding hydrogens is 299 g/mol.